The molecule has 4 rings (SSSR count). The highest BCUT2D eigenvalue weighted by molar-refractivity contribution is 7.79. The lowest BCUT2D eigenvalue weighted by Gasteiger charge is -2.34. The molecule has 2 aliphatic rings. The average molecular weight is 472 g/mol. The molecule has 1 unspecified atom stereocenters. The van der Waals surface area contributed by atoms with Crippen molar-refractivity contribution in [3.05, 3.63) is 52.2 Å². The smallest absolute Gasteiger partial charge is 0.394 e. The molecular formula is C20H22FNO7S2. The van der Waals surface area contributed by atoms with Crippen LogP contribution in [0.5, 0.6) is 5.06 Å². The second-order valence-corrected chi connectivity index (χ2v) is 9.37. The minimum atomic E-state index is -4.67. The number of nitrogens with zero attached hydrogens (tertiary/aromatic N) is 1. The van der Waals surface area contributed by atoms with Crippen LogP contribution in [0.3, 0.4) is 0 Å². The highest BCUT2D eigenvalue weighted by Crippen LogP contribution is 2.41. The van der Waals surface area contributed by atoms with Gasteiger partial charge in [0, 0.05) is 36.4 Å². The summed E-state index contributed by atoms with van der Waals surface area (Å²) in [5.41, 5.74) is 1.52. The number of fused-ring (bicyclic) bond motifs is 1. The van der Waals surface area contributed by atoms with Crippen molar-refractivity contribution >= 4 is 33.5 Å². The van der Waals surface area contributed by atoms with Gasteiger partial charge in [-0.3, -0.25) is 23.6 Å². The second-order valence-electron chi connectivity index (χ2n) is 7.38. The summed E-state index contributed by atoms with van der Waals surface area (Å²) >= 11 is 1.47. The largest absolute Gasteiger partial charge is 0.416 e. The van der Waals surface area contributed by atoms with Crippen LogP contribution in [-0.2, 0) is 33.0 Å². The van der Waals surface area contributed by atoms with Crippen LogP contribution >= 0.6 is 11.3 Å². The third-order valence-corrected chi connectivity index (χ3v) is 6.05. The van der Waals surface area contributed by atoms with Gasteiger partial charge in [-0.2, -0.15) is 8.42 Å². The number of ketones is 1. The fourth-order valence-corrected chi connectivity index (χ4v) is 4.61. The molecule has 1 aliphatic carbocycles. The zero-order chi connectivity index (χ0) is 22.8. The van der Waals surface area contributed by atoms with Gasteiger partial charge in [-0.25, -0.2) is 4.39 Å². The van der Waals surface area contributed by atoms with Crippen molar-refractivity contribution in [2.45, 2.75) is 38.8 Å². The number of thiophene rings is 1. The predicted molar refractivity (Wildman–Crippen MR) is 111 cm³/mol. The van der Waals surface area contributed by atoms with Crippen molar-refractivity contribution in [3.63, 3.8) is 0 Å². The zero-order valence-electron chi connectivity index (χ0n) is 16.7. The summed E-state index contributed by atoms with van der Waals surface area (Å²) in [5, 5.41) is 0.584. The van der Waals surface area contributed by atoms with Crippen LogP contribution in [0.1, 0.15) is 41.8 Å². The molecule has 1 saturated carbocycles. The van der Waals surface area contributed by atoms with E-state index in [2.05, 4.69) is 4.90 Å². The molecule has 0 spiro atoms. The third-order valence-electron chi connectivity index (χ3n) is 4.93. The Kier molecular flexibility index (Phi) is 7.22. The van der Waals surface area contributed by atoms with Gasteiger partial charge in [-0.1, -0.05) is 18.2 Å². The topological polar surface area (TPSA) is 121 Å². The number of carbonyl (C=O) groups is 2. The van der Waals surface area contributed by atoms with E-state index in [0.717, 1.165) is 24.8 Å². The van der Waals surface area contributed by atoms with E-state index in [4.69, 9.17) is 22.3 Å². The van der Waals surface area contributed by atoms with Gasteiger partial charge >= 0.3 is 16.4 Å². The number of hydrogen-bond donors (Lipinski definition) is 2. The first-order valence-electron chi connectivity index (χ1n) is 9.55. The van der Waals surface area contributed by atoms with Crippen molar-refractivity contribution < 1.29 is 36.2 Å². The molecule has 0 bridgehead atoms. The Balaban J connectivity index is 0.000000491. The number of esters is 1. The van der Waals surface area contributed by atoms with Crippen molar-refractivity contribution in [3.8, 4) is 5.06 Å². The van der Waals surface area contributed by atoms with Crippen LogP contribution < -0.4 is 4.74 Å². The molecule has 1 atom stereocenters. The van der Waals surface area contributed by atoms with Gasteiger partial charge in [0.05, 0.1) is 6.04 Å². The molecule has 0 saturated heterocycles. The Morgan fingerprint density at radius 3 is 2.48 bits per heavy atom. The lowest BCUT2D eigenvalue weighted by atomic mass is 9.95. The minimum absolute atomic E-state index is 0.0556. The molecule has 0 radical (unpaired) electrons. The van der Waals surface area contributed by atoms with Crippen LogP contribution in [0.25, 0.3) is 0 Å². The molecule has 2 heterocycles. The van der Waals surface area contributed by atoms with Gasteiger partial charge < -0.3 is 4.74 Å². The number of ether oxygens (including phenoxy) is 1. The minimum Gasteiger partial charge on any atom is -0.416 e. The fourth-order valence-electron chi connectivity index (χ4n) is 3.56. The molecule has 0 amide bonds. The van der Waals surface area contributed by atoms with Gasteiger partial charge in [-0.15, -0.1) is 11.3 Å². The number of carbonyl (C=O) groups excluding carboxylic acids is 2. The van der Waals surface area contributed by atoms with Gasteiger partial charge in [0.15, 0.2) is 10.8 Å². The molecular weight excluding hydrogens is 449 g/mol. The van der Waals surface area contributed by atoms with Crippen molar-refractivity contribution in [1.29, 1.82) is 0 Å². The van der Waals surface area contributed by atoms with E-state index in [1.54, 1.807) is 18.2 Å². The van der Waals surface area contributed by atoms with Crippen LogP contribution in [0, 0.1) is 11.7 Å². The monoisotopic (exact) mass is 471 g/mol. The Hall–Kier alpha value is -2.18. The summed E-state index contributed by atoms with van der Waals surface area (Å²) in [6, 6.07) is 7.89. The maximum Gasteiger partial charge on any atom is 0.394 e. The SMILES string of the molecule is CC(=O)Oc1cc2c(s1)CCN(C(C(=O)C1CC1)c1ccccc1F)C2.O=S(=O)(O)O. The Labute approximate surface area is 183 Å². The number of rotatable bonds is 5. The fraction of sp³-hybridized carbons (Fsp3) is 0.400. The molecule has 2 N–H and O–H groups in total. The molecule has 168 valence electrons. The second kappa shape index (κ2) is 9.53. The molecule has 1 aromatic heterocycles. The number of halogens is 1. The normalized spacial score (nSPS) is 17.2. The van der Waals surface area contributed by atoms with E-state index in [9.17, 15) is 14.0 Å². The van der Waals surface area contributed by atoms with Crippen molar-refractivity contribution in [1.82, 2.24) is 4.90 Å². The van der Waals surface area contributed by atoms with E-state index in [-0.39, 0.29) is 23.5 Å². The van der Waals surface area contributed by atoms with E-state index >= 15 is 0 Å². The number of Topliss-reactive ketones (excluding diaryl/α,β-unsaturated/α-hetero) is 1. The van der Waals surface area contributed by atoms with E-state index in [0.29, 0.717) is 23.7 Å². The third kappa shape index (κ3) is 6.65. The highest BCUT2D eigenvalue weighted by Gasteiger charge is 2.40. The number of hydrogen-bond acceptors (Lipinski definition) is 7. The van der Waals surface area contributed by atoms with E-state index in [1.165, 1.54) is 29.2 Å². The summed E-state index contributed by atoms with van der Waals surface area (Å²) in [4.78, 5) is 27.4. The first-order chi connectivity index (χ1) is 14.5. The van der Waals surface area contributed by atoms with E-state index in [1.807, 2.05) is 6.07 Å². The van der Waals surface area contributed by atoms with Gasteiger partial charge in [0.25, 0.3) is 0 Å². The van der Waals surface area contributed by atoms with Crippen LogP contribution in [-0.4, -0.2) is 40.7 Å². The van der Waals surface area contributed by atoms with Crippen molar-refractivity contribution in [2.24, 2.45) is 5.92 Å². The quantitative estimate of drug-likeness (QED) is 0.504. The average Bonchev–Trinajstić information content (AvgIpc) is 3.42. The van der Waals surface area contributed by atoms with Crippen LogP contribution in [0.15, 0.2) is 30.3 Å². The Morgan fingerprint density at radius 2 is 1.90 bits per heavy atom. The molecule has 11 heteroatoms. The lowest BCUT2D eigenvalue weighted by Crippen LogP contribution is -2.38. The standard InChI is InChI=1S/C20H20FNO3S.H2O4S/c1-12(23)25-18-10-14-11-22(9-8-17(14)26-18)19(20(24)13-6-7-13)15-4-2-3-5-16(15)21;1-5(2,3)4/h2-5,10,13,19H,6-9,11H2,1H3;(H2,1,2,3,4). The molecule has 1 aromatic carbocycles. The van der Waals surface area contributed by atoms with Crippen LogP contribution in [0.4, 0.5) is 4.39 Å². The highest BCUT2D eigenvalue weighted by atomic mass is 32.3. The zero-order valence-corrected chi connectivity index (χ0v) is 18.3. The first-order valence-corrected chi connectivity index (χ1v) is 11.8. The molecule has 1 aliphatic heterocycles. The summed E-state index contributed by atoms with van der Waals surface area (Å²) in [5.74, 6) is -0.495. The van der Waals surface area contributed by atoms with E-state index < -0.39 is 16.4 Å². The molecule has 2 aromatic rings. The van der Waals surface area contributed by atoms with Gasteiger partial charge in [-0.05, 0) is 37.0 Å². The summed E-state index contributed by atoms with van der Waals surface area (Å²) < 4.78 is 51.2. The maximum absolute atomic E-state index is 14.4. The van der Waals surface area contributed by atoms with Gasteiger partial charge in [0.1, 0.15) is 5.82 Å². The van der Waals surface area contributed by atoms with Gasteiger partial charge in [0.2, 0.25) is 0 Å². The lowest BCUT2D eigenvalue weighted by molar-refractivity contribution is -0.131. The molecule has 1 fully saturated rings. The molecule has 8 nitrogen and oxygen atoms in total. The Bertz CT molecular complexity index is 1070. The van der Waals surface area contributed by atoms with Crippen LogP contribution in [0.2, 0.25) is 0 Å². The summed E-state index contributed by atoms with van der Waals surface area (Å²) in [7, 11) is -4.67. The molecule has 31 heavy (non-hydrogen) atoms. The van der Waals surface area contributed by atoms with Crippen molar-refractivity contribution in [2.75, 3.05) is 6.54 Å². The predicted octanol–water partition coefficient (Wildman–Crippen LogP) is 3.24. The number of benzene rings is 1. The maximum atomic E-state index is 14.4. The Morgan fingerprint density at radius 1 is 1.26 bits per heavy atom. The summed E-state index contributed by atoms with van der Waals surface area (Å²) in [6.45, 7) is 2.63. The first kappa shape index (κ1) is 23.5. The summed E-state index contributed by atoms with van der Waals surface area (Å²) in [6.07, 6.45) is 2.57.